The molecule has 0 aliphatic carbocycles. The summed E-state index contributed by atoms with van der Waals surface area (Å²) in [5.41, 5.74) is 1.39. The molecule has 0 amide bonds. The third kappa shape index (κ3) is 1.07. The quantitative estimate of drug-likeness (QED) is 0.479. The lowest BCUT2D eigenvalue weighted by molar-refractivity contribution is 1.04. The van der Waals surface area contributed by atoms with Crippen LogP contribution in [0.1, 0.15) is 13.3 Å². The van der Waals surface area contributed by atoms with Crippen molar-refractivity contribution in [1.29, 1.82) is 0 Å². The molecule has 0 unspecified atom stereocenters. The molecule has 1 aliphatic rings. The van der Waals surface area contributed by atoms with E-state index >= 15 is 0 Å². The van der Waals surface area contributed by atoms with Crippen molar-refractivity contribution in [3.05, 3.63) is 24.0 Å². The molecule has 0 saturated carbocycles. The molecule has 0 spiro atoms. The van der Waals surface area contributed by atoms with Crippen LogP contribution in [0.3, 0.4) is 0 Å². The van der Waals surface area contributed by atoms with E-state index in [-0.39, 0.29) is 0 Å². The molecular weight excluding hydrogens is 86.1 g/mol. The van der Waals surface area contributed by atoms with Crippen LogP contribution in [-0.4, -0.2) is 0 Å². The predicted molar refractivity (Wildman–Crippen MR) is 30.6 cm³/mol. The topological polar surface area (TPSA) is 12.0 Å². The molecule has 1 nitrogen and oxygen atoms in total. The Bertz CT molecular complexity index is 111. The minimum Gasteiger partial charge on any atom is -0.368 e. The monoisotopic (exact) mass is 95.1 g/mol. The van der Waals surface area contributed by atoms with Gasteiger partial charge in [-0.2, -0.15) is 0 Å². The Morgan fingerprint density at radius 1 is 1.71 bits per heavy atom. The lowest BCUT2D eigenvalue weighted by atomic mass is 10.2. The summed E-state index contributed by atoms with van der Waals surface area (Å²) >= 11 is 0. The van der Waals surface area contributed by atoms with Crippen molar-refractivity contribution in [3.63, 3.8) is 0 Å². The third-order valence-corrected chi connectivity index (χ3v) is 0.984. The Balaban J connectivity index is 2.50. The van der Waals surface area contributed by atoms with E-state index in [9.17, 15) is 0 Å². The summed E-state index contributed by atoms with van der Waals surface area (Å²) in [6.07, 6.45) is 7.18. The average Bonchev–Trinajstić information content (AvgIpc) is 1.69. The highest BCUT2D eigenvalue weighted by Crippen LogP contribution is 2.01. The van der Waals surface area contributed by atoms with Crippen molar-refractivity contribution in [3.8, 4) is 0 Å². The first-order chi connectivity index (χ1) is 3.39. The van der Waals surface area contributed by atoms with Crippen LogP contribution in [0, 0.1) is 0 Å². The summed E-state index contributed by atoms with van der Waals surface area (Å²) < 4.78 is 0. The van der Waals surface area contributed by atoms with Crippen molar-refractivity contribution < 1.29 is 0 Å². The lowest BCUT2D eigenvalue weighted by Gasteiger charge is -2.00. The second-order valence-electron chi connectivity index (χ2n) is 1.76. The van der Waals surface area contributed by atoms with Gasteiger partial charge in [0.25, 0.3) is 0 Å². The van der Waals surface area contributed by atoms with Crippen molar-refractivity contribution in [2.24, 2.45) is 0 Å². The van der Waals surface area contributed by atoms with E-state index in [4.69, 9.17) is 0 Å². The number of hydrogen-bond donors (Lipinski definition) is 1. The Morgan fingerprint density at radius 2 is 2.57 bits per heavy atom. The van der Waals surface area contributed by atoms with Gasteiger partial charge in [-0.15, -0.1) is 0 Å². The van der Waals surface area contributed by atoms with Crippen LogP contribution in [-0.2, 0) is 0 Å². The number of hydrogen-bond acceptors (Lipinski definition) is 1. The van der Waals surface area contributed by atoms with E-state index in [0.717, 1.165) is 6.42 Å². The summed E-state index contributed by atoms with van der Waals surface area (Å²) in [6, 6.07) is 0. The van der Waals surface area contributed by atoms with Crippen LogP contribution < -0.4 is 5.32 Å². The molecule has 0 fully saturated rings. The minimum absolute atomic E-state index is 1.10. The number of dihydropyridines is 1. The van der Waals surface area contributed by atoms with E-state index < -0.39 is 0 Å². The Kier molecular flexibility index (Phi) is 1.16. The molecule has 1 heteroatoms. The highest BCUT2D eigenvalue weighted by molar-refractivity contribution is 5.09. The van der Waals surface area contributed by atoms with E-state index in [2.05, 4.69) is 18.3 Å². The van der Waals surface area contributed by atoms with Gasteiger partial charge in [0.2, 0.25) is 0 Å². The molecule has 1 heterocycles. The normalized spacial score (nSPS) is 18.1. The maximum Gasteiger partial charge on any atom is -0.000338 e. The van der Waals surface area contributed by atoms with Crippen LogP contribution in [0.5, 0.6) is 0 Å². The molecule has 7 heavy (non-hydrogen) atoms. The standard InChI is InChI=1S/C6H9N/c1-6-3-2-4-7-5-6/h2,4-5,7H,3H2,1H3. The van der Waals surface area contributed by atoms with E-state index in [1.54, 1.807) is 0 Å². The molecule has 1 rings (SSSR count). The zero-order chi connectivity index (χ0) is 5.11. The number of allylic oxidation sites excluding steroid dienone is 2. The number of nitrogens with one attached hydrogen (secondary N) is 1. The van der Waals surface area contributed by atoms with Gasteiger partial charge in [0, 0.05) is 0 Å². The second-order valence-corrected chi connectivity index (χ2v) is 1.76. The maximum atomic E-state index is 2.99. The zero-order valence-electron chi connectivity index (χ0n) is 4.44. The molecule has 0 aromatic carbocycles. The van der Waals surface area contributed by atoms with Gasteiger partial charge in [0.05, 0.1) is 0 Å². The summed E-state index contributed by atoms with van der Waals surface area (Å²) in [6.45, 7) is 2.11. The predicted octanol–water partition coefficient (Wildman–Crippen LogP) is 1.40. The first kappa shape index (κ1) is 4.44. The fourth-order valence-corrected chi connectivity index (χ4v) is 0.562. The van der Waals surface area contributed by atoms with Gasteiger partial charge < -0.3 is 5.32 Å². The summed E-state index contributed by atoms with van der Waals surface area (Å²) in [7, 11) is 0. The van der Waals surface area contributed by atoms with Crippen molar-refractivity contribution in [2.75, 3.05) is 0 Å². The van der Waals surface area contributed by atoms with Gasteiger partial charge in [-0.3, -0.25) is 0 Å². The van der Waals surface area contributed by atoms with Gasteiger partial charge in [-0.1, -0.05) is 11.6 Å². The Morgan fingerprint density at radius 3 is 2.86 bits per heavy atom. The van der Waals surface area contributed by atoms with E-state index in [1.807, 2.05) is 12.4 Å². The highest BCUT2D eigenvalue weighted by Gasteiger charge is 1.86. The molecule has 38 valence electrons. The van der Waals surface area contributed by atoms with Crippen LogP contribution in [0.2, 0.25) is 0 Å². The second kappa shape index (κ2) is 1.82. The Labute approximate surface area is 43.7 Å². The lowest BCUT2D eigenvalue weighted by Crippen LogP contribution is -1.97. The van der Waals surface area contributed by atoms with E-state index in [0.29, 0.717) is 0 Å². The van der Waals surface area contributed by atoms with Crippen molar-refractivity contribution in [1.82, 2.24) is 5.32 Å². The molecule has 0 aromatic rings. The van der Waals surface area contributed by atoms with E-state index in [1.165, 1.54) is 5.57 Å². The van der Waals surface area contributed by atoms with Crippen molar-refractivity contribution >= 4 is 0 Å². The summed E-state index contributed by atoms with van der Waals surface area (Å²) in [5, 5.41) is 2.99. The Hall–Kier alpha value is -0.720. The maximum absolute atomic E-state index is 2.99. The zero-order valence-corrected chi connectivity index (χ0v) is 4.44. The van der Waals surface area contributed by atoms with Gasteiger partial charge in [0.15, 0.2) is 0 Å². The first-order valence-corrected chi connectivity index (χ1v) is 2.46. The van der Waals surface area contributed by atoms with Gasteiger partial charge >= 0.3 is 0 Å². The summed E-state index contributed by atoms with van der Waals surface area (Å²) in [5.74, 6) is 0. The van der Waals surface area contributed by atoms with Gasteiger partial charge in [-0.25, -0.2) is 0 Å². The van der Waals surface area contributed by atoms with Crippen LogP contribution in [0.4, 0.5) is 0 Å². The minimum atomic E-state index is 1.10. The molecular formula is C6H9N. The molecule has 1 N–H and O–H groups in total. The van der Waals surface area contributed by atoms with Gasteiger partial charge in [-0.05, 0) is 25.7 Å². The fourth-order valence-electron chi connectivity index (χ4n) is 0.562. The fraction of sp³-hybridized carbons (Fsp3) is 0.333. The molecule has 1 aliphatic heterocycles. The third-order valence-electron chi connectivity index (χ3n) is 0.984. The van der Waals surface area contributed by atoms with Gasteiger partial charge in [0.1, 0.15) is 0 Å². The first-order valence-electron chi connectivity index (χ1n) is 2.46. The molecule has 0 bridgehead atoms. The largest absolute Gasteiger partial charge is 0.368 e. The molecule has 0 atom stereocenters. The average molecular weight is 95.1 g/mol. The smallest absolute Gasteiger partial charge is 0.000338 e. The molecule has 0 saturated heterocycles. The SMILES string of the molecule is CC1=CNC=CC1. The highest BCUT2D eigenvalue weighted by atomic mass is 14.8. The summed E-state index contributed by atoms with van der Waals surface area (Å²) in [4.78, 5) is 0. The van der Waals surface area contributed by atoms with Crippen LogP contribution in [0.15, 0.2) is 24.0 Å². The van der Waals surface area contributed by atoms with Crippen LogP contribution >= 0.6 is 0 Å². The number of rotatable bonds is 0. The van der Waals surface area contributed by atoms with Crippen LogP contribution in [0.25, 0.3) is 0 Å². The molecule has 0 radical (unpaired) electrons. The molecule has 0 aromatic heterocycles. The van der Waals surface area contributed by atoms with Crippen molar-refractivity contribution in [2.45, 2.75) is 13.3 Å².